The molecule has 1 saturated carbocycles. The Morgan fingerprint density at radius 2 is 2.08 bits per heavy atom. The number of hydrogen-bond acceptors (Lipinski definition) is 5. The van der Waals surface area contributed by atoms with Crippen LogP contribution in [-0.4, -0.2) is 36.0 Å². The molecule has 1 aromatic heterocycles. The lowest BCUT2D eigenvalue weighted by molar-refractivity contribution is -0.147. The summed E-state index contributed by atoms with van der Waals surface area (Å²) < 4.78 is 28.5. The number of nitrogens with two attached hydrogens (primary N) is 1. The van der Waals surface area contributed by atoms with Crippen molar-refractivity contribution in [1.29, 1.82) is 5.41 Å². The molecule has 0 amide bonds. The smallest absolute Gasteiger partial charge is 0.324 e. The topological polar surface area (TPSA) is 149 Å². The average Bonchev–Trinajstić information content (AvgIpc) is 2.56. The molecule has 1 heterocycles. The number of aromatic nitrogens is 1. The minimum absolute atomic E-state index is 0.0829. The van der Waals surface area contributed by atoms with Gasteiger partial charge in [-0.05, 0) is 31.4 Å². The molecule has 1 aliphatic carbocycles. The van der Waals surface area contributed by atoms with Crippen molar-refractivity contribution in [2.75, 3.05) is 4.42 Å². The zero-order chi connectivity index (χ0) is 19.1. The SMILES string of the molecule is N=C(N)N(Cl)c1cncc2cc(S(=O)(=O)NC3(C(=O)O)CCC3)ccc12. The maximum absolute atomic E-state index is 12.6. The van der Waals surface area contributed by atoms with E-state index in [0.29, 0.717) is 22.9 Å². The van der Waals surface area contributed by atoms with Gasteiger partial charge in [-0.15, -0.1) is 0 Å². The minimum atomic E-state index is -4.04. The van der Waals surface area contributed by atoms with Gasteiger partial charge in [0.25, 0.3) is 0 Å². The fourth-order valence-electron chi connectivity index (χ4n) is 2.80. The quantitative estimate of drug-likeness (QED) is 0.338. The Kier molecular flexibility index (Phi) is 4.51. The molecule has 0 bridgehead atoms. The van der Waals surface area contributed by atoms with E-state index < -0.39 is 27.5 Å². The minimum Gasteiger partial charge on any atom is -0.480 e. The van der Waals surface area contributed by atoms with Gasteiger partial charge in [-0.25, -0.2) is 12.8 Å². The van der Waals surface area contributed by atoms with Gasteiger partial charge < -0.3 is 10.8 Å². The standard InChI is InChI=1S/C15H16ClN5O4S/c16-21(14(17)18)12-8-19-7-9-6-10(2-3-11(9)12)26(24,25)20-15(13(22)23)4-1-5-15/h2-3,6-8,20H,1,4-5H2,(H3,17,18)(H,22,23). The number of nitrogens with one attached hydrogen (secondary N) is 2. The Bertz CT molecular complexity index is 1010. The number of carbonyl (C=O) groups is 1. The molecule has 0 unspecified atom stereocenters. The number of benzene rings is 1. The van der Waals surface area contributed by atoms with E-state index in [1.807, 2.05) is 0 Å². The van der Waals surface area contributed by atoms with Crippen LogP contribution in [0.4, 0.5) is 5.69 Å². The molecule has 0 radical (unpaired) electrons. The summed E-state index contributed by atoms with van der Waals surface area (Å²) in [6.45, 7) is 0. The van der Waals surface area contributed by atoms with Crippen molar-refractivity contribution in [1.82, 2.24) is 9.71 Å². The van der Waals surface area contributed by atoms with Gasteiger partial charge in [0.1, 0.15) is 5.54 Å². The first kappa shape index (κ1) is 18.4. The lowest BCUT2D eigenvalue weighted by Crippen LogP contribution is -2.58. The third kappa shape index (κ3) is 3.06. The highest BCUT2D eigenvalue weighted by atomic mass is 35.5. The highest BCUT2D eigenvalue weighted by Crippen LogP contribution is 2.34. The van der Waals surface area contributed by atoms with Gasteiger partial charge in [-0.2, -0.15) is 4.72 Å². The Morgan fingerprint density at radius 1 is 1.38 bits per heavy atom. The van der Waals surface area contributed by atoms with E-state index in [9.17, 15) is 18.3 Å². The maximum Gasteiger partial charge on any atom is 0.324 e. The number of guanidine groups is 1. The van der Waals surface area contributed by atoms with E-state index in [1.165, 1.54) is 30.6 Å². The number of rotatable bonds is 5. The van der Waals surface area contributed by atoms with Gasteiger partial charge in [-0.1, -0.05) is 6.07 Å². The van der Waals surface area contributed by atoms with Crippen molar-refractivity contribution in [3.63, 3.8) is 0 Å². The van der Waals surface area contributed by atoms with Crippen LogP contribution in [0.5, 0.6) is 0 Å². The molecule has 0 aliphatic heterocycles. The Morgan fingerprint density at radius 3 is 2.62 bits per heavy atom. The molecule has 1 aromatic carbocycles. The number of halogens is 1. The third-order valence-electron chi connectivity index (χ3n) is 4.39. The molecule has 0 spiro atoms. The van der Waals surface area contributed by atoms with Gasteiger partial charge in [-0.3, -0.25) is 15.2 Å². The molecule has 0 saturated heterocycles. The molecule has 2 aromatic rings. The van der Waals surface area contributed by atoms with Gasteiger partial charge in [0, 0.05) is 28.7 Å². The number of carboxylic acid groups (broad SMARTS) is 1. The van der Waals surface area contributed by atoms with Crippen LogP contribution in [0.25, 0.3) is 10.8 Å². The first-order valence-corrected chi connectivity index (χ1v) is 9.43. The summed E-state index contributed by atoms with van der Waals surface area (Å²) in [5.41, 5.74) is 4.25. The summed E-state index contributed by atoms with van der Waals surface area (Å²) in [4.78, 5) is 15.3. The lowest BCUT2D eigenvalue weighted by atomic mass is 9.78. The number of pyridine rings is 1. The zero-order valence-electron chi connectivity index (χ0n) is 13.4. The Balaban J connectivity index is 2.01. The third-order valence-corrected chi connectivity index (χ3v) is 6.29. The van der Waals surface area contributed by atoms with Gasteiger partial charge in [0.2, 0.25) is 16.0 Å². The summed E-state index contributed by atoms with van der Waals surface area (Å²) >= 11 is 5.95. The van der Waals surface area contributed by atoms with Crippen LogP contribution >= 0.6 is 11.8 Å². The first-order valence-electron chi connectivity index (χ1n) is 7.61. The number of anilines is 1. The van der Waals surface area contributed by atoms with Crippen molar-refractivity contribution in [3.8, 4) is 0 Å². The van der Waals surface area contributed by atoms with Gasteiger partial charge >= 0.3 is 5.97 Å². The zero-order valence-corrected chi connectivity index (χ0v) is 15.0. The molecule has 11 heteroatoms. The van der Waals surface area contributed by atoms with Crippen molar-refractivity contribution in [3.05, 3.63) is 30.6 Å². The Labute approximate surface area is 154 Å². The van der Waals surface area contributed by atoms with Crippen LogP contribution in [0.15, 0.2) is 35.5 Å². The second-order valence-corrected chi connectivity index (χ2v) is 8.07. The summed E-state index contributed by atoms with van der Waals surface area (Å²) in [7, 11) is -4.04. The largest absolute Gasteiger partial charge is 0.480 e. The van der Waals surface area contributed by atoms with Gasteiger partial charge in [0.15, 0.2) is 0 Å². The van der Waals surface area contributed by atoms with E-state index in [0.717, 1.165) is 4.42 Å². The van der Waals surface area contributed by atoms with Crippen molar-refractivity contribution >= 4 is 50.2 Å². The fraction of sp³-hybridized carbons (Fsp3) is 0.267. The predicted molar refractivity (Wildman–Crippen MR) is 96.5 cm³/mol. The highest BCUT2D eigenvalue weighted by molar-refractivity contribution is 7.89. The first-order chi connectivity index (χ1) is 12.2. The monoisotopic (exact) mass is 397 g/mol. The number of fused-ring (bicyclic) bond motifs is 1. The molecular formula is C15H16ClN5O4S. The summed E-state index contributed by atoms with van der Waals surface area (Å²) in [6, 6.07) is 4.22. The molecule has 26 heavy (non-hydrogen) atoms. The summed E-state index contributed by atoms with van der Waals surface area (Å²) in [5, 5.41) is 17.7. The number of aliphatic carboxylic acids is 1. The fourth-order valence-corrected chi connectivity index (χ4v) is 4.39. The summed E-state index contributed by atoms with van der Waals surface area (Å²) in [6.07, 6.45) is 3.99. The van der Waals surface area contributed by atoms with E-state index >= 15 is 0 Å². The number of carboxylic acids is 1. The summed E-state index contributed by atoms with van der Waals surface area (Å²) in [5.74, 6) is -1.59. The maximum atomic E-state index is 12.6. The molecular weight excluding hydrogens is 382 g/mol. The van der Waals surface area contributed by atoms with E-state index in [-0.39, 0.29) is 17.7 Å². The molecule has 5 N–H and O–H groups in total. The molecule has 0 atom stereocenters. The molecule has 138 valence electrons. The van der Waals surface area contributed by atoms with Crippen molar-refractivity contribution in [2.45, 2.75) is 29.7 Å². The van der Waals surface area contributed by atoms with Crippen molar-refractivity contribution in [2.24, 2.45) is 5.73 Å². The molecule has 9 nitrogen and oxygen atoms in total. The average molecular weight is 398 g/mol. The normalized spacial score (nSPS) is 16.0. The van der Waals surface area contributed by atoms with E-state index in [2.05, 4.69) is 9.71 Å². The molecule has 1 fully saturated rings. The van der Waals surface area contributed by atoms with Crippen LogP contribution < -0.4 is 14.9 Å². The molecule has 1 aliphatic rings. The number of hydrogen-bond donors (Lipinski definition) is 4. The highest BCUT2D eigenvalue weighted by Gasteiger charge is 2.47. The van der Waals surface area contributed by atoms with Crippen LogP contribution in [0.1, 0.15) is 19.3 Å². The number of nitrogens with zero attached hydrogens (tertiary/aromatic N) is 2. The van der Waals surface area contributed by atoms with E-state index in [4.69, 9.17) is 22.9 Å². The van der Waals surface area contributed by atoms with Crippen molar-refractivity contribution < 1.29 is 18.3 Å². The van der Waals surface area contributed by atoms with Crippen LogP contribution in [0.2, 0.25) is 0 Å². The molecule has 3 rings (SSSR count). The predicted octanol–water partition coefficient (Wildman–Crippen LogP) is 1.37. The van der Waals surface area contributed by atoms with Gasteiger partial charge in [0.05, 0.1) is 16.8 Å². The number of sulfonamides is 1. The van der Waals surface area contributed by atoms with E-state index in [1.54, 1.807) is 0 Å². The Hall–Kier alpha value is -2.43. The van der Waals surface area contributed by atoms with Crippen LogP contribution in [0.3, 0.4) is 0 Å². The van der Waals surface area contributed by atoms with Crippen LogP contribution in [-0.2, 0) is 14.8 Å². The van der Waals surface area contributed by atoms with Crippen LogP contribution in [0, 0.1) is 5.41 Å². The second-order valence-electron chi connectivity index (χ2n) is 6.05. The second kappa shape index (κ2) is 6.38. The lowest BCUT2D eigenvalue weighted by Gasteiger charge is -2.37.